The third-order valence-electron chi connectivity index (χ3n) is 3.62. The molecular weight excluding hydrogens is 370 g/mol. The van der Waals surface area contributed by atoms with Crippen LogP contribution in [0.2, 0.25) is 5.02 Å². The summed E-state index contributed by atoms with van der Waals surface area (Å²) >= 11 is 7.32. The summed E-state index contributed by atoms with van der Waals surface area (Å²) in [7, 11) is 0. The lowest BCUT2D eigenvalue weighted by Crippen LogP contribution is -2.16. The molecule has 1 heterocycles. The number of hydrogen-bond acceptors (Lipinski definition) is 4. The highest BCUT2D eigenvalue weighted by molar-refractivity contribution is 7.16. The molecule has 0 fully saturated rings. The van der Waals surface area contributed by atoms with E-state index in [-0.39, 0.29) is 12.0 Å². The smallest absolute Gasteiger partial charge is 0.341 e. The van der Waals surface area contributed by atoms with Crippen molar-refractivity contribution in [2.45, 2.75) is 40.2 Å². The number of nitrogens with one attached hydrogen (secondary N) is 1. The fourth-order valence-corrected chi connectivity index (χ4v) is 3.85. The van der Waals surface area contributed by atoms with Gasteiger partial charge < -0.3 is 10.1 Å². The molecule has 6 heteroatoms. The predicted molar refractivity (Wildman–Crippen MR) is 108 cm³/mol. The van der Waals surface area contributed by atoms with Crippen LogP contribution >= 0.6 is 22.9 Å². The second kappa shape index (κ2) is 9.01. The molecule has 1 aromatic heterocycles. The second-order valence-corrected chi connectivity index (χ2v) is 7.69. The fourth-order valence-electron chi connectivity index (χ4n) is 2.52. The van der Waals surface area contributed by atoms with E-state index in [9.17, 15) is 9.59 Å². The van der Waals surface area contributed by atoms with Crippen LogP contribution in [0.4, 0.5) is 5.00 Å². The van der Waals surface area contributed by atoms with Gasteiger partial charge in [0, 0.05) is 16.0 Å². The topological polar surface area (TPSA) is 55.4 Å². The van der Waals surface area contributed by atoms with Gasteiger partial charge in [0.1, 0.15) is 5.00 Å². The molecule has 1 N–H and O–H groups in total. The largest absolute Gasteiger partial charge is 0.459 e. The summed E-state index contributed by atoms with van der Waals surface area (Å²) in [5.41, 5.74) is 2.19. The predicted octanol–water partition coefficient (Wildman–Crippen LogP) is 5.49. The zero-order chi connectivity index (χ0) is 19.3. The number of halogens is 1. The molecule has 0 saturated carbocycles. The highest BCUT2D eigenvalue weighted by Gasteiger charge is 2.23. The van der Waals surface area contributed by atoms with E-state index in [0.29, 0.717) is 22.0 Å². The van der Waals surface area contributed by atoms with E-state index in [1.807, 2.05) is 26.0 Å². The average Bonchev–Trinajstić information content (AvgIpc) is 2.87. The number of rotatable bonds is 6. The van der Waals surface area contributed by atoms with Crippen molar-refractivity contribution in [2.24, 2.45) is 0 Å². The lowest BCUT2D eigenvalue weighted by atomic mass is 10.1. The van der Waals surface area contributed by atoms with Gasteiger partial charge in [0.2, 0.25) is 5.91 Å². The van der Waals surface area contributed by atoms with E-state index >= 15 is 0 Å². The number of esters is 1. The van der Waals surface area contributed by atoms with Crippen LogP contribution in [0.25, 0.3) is 6.08 Å². The van der Waals surface area contributed by atoms with Crippen LogP contribution in [0.1, 0.15) is 47.1 Å². The maximum atomic E-state index is 12.5. The SMILES string of the molecule is CCc1c(C)sc(NC(=O)/C=C/c2cccc(Cl)c2)c1C(=O)OC(C)C. The number of amides is 1. The van der Waals surface area contributed by atoms with Crippen LogP contribution in [0.3, 0.4) is 0 Å². The first-order valence-corrected chi connectivity index (χ1v) is 9.59. The van der Waals surface area contributed by atoms with Gasteiger partial charge in [0.05, 0.1) is 11.7 Å². The van der Waals surface area contributed by atoms with Crippen molar-refractivity contribution in [2.75, 3.05) is 5.32 Å². The van der Waals surface area contributed by atoms with Crippen molar-refractivity contribution in [3.8, 4) is 0 Å². The van der Waals surface area contributed by atoms with Crippen LogP contribution in [-0.4, -0.2) is 18.0 Å². The van der Waals surface area contributed by atoms with Gasteiger partial charge >= 0.3 is 5.97 Å². The molecule has 0 unspecified atom stereocenters. The Morgan fingerprint density at radius 3 is 2.69 bits per heavy atom. The minimum absolute atomic E-state index is 0.223. The quantitative estimate of drug-likeness (QED) is 0.523. The fraction of sp³-hybridized carbons (Fsp3) is 0.300. The lowest BCUT2D eigenvalue weighted by Gasteiger charge is -2.10. The molecule has 0 atom stereocenters. The maximum Gasteiger partial charge on any atom is 0.341 e. The van der Waals surface area contributed by atoms with Crippen LogP contribution in [0.15, 0.2) is 30.3 Å². The lowest BCUT2D eigenvalue weighted by molar-refractivity contribution is -0.111. The highest BCUT2D eigenvalue weighted by Crippen LogP contribution is 2.34. The molecule has 1 amide bonds. The molecule has 0 saturated heterocycles. The number of ether oxygens (including phenoxy) is 1. The summed E-state index contributed by atoms with van der Waals surface area (Å²) < 4.78 is 5.34. The Kier molecular flexibility index (Phi) is 7.00. The first kappa shape index (κ1) is 20.2. The zero-order valence-corrected chi connectivity index (χ0v) is 16.8. The molecule has 26 heavy (non-hydrogen) atoms. The second-order valence-electron chi connectivity index (χ2n) is 6.03. The Balaban J connectivity index is 2.22. The maximum absolute atomic E-state index is 12.5. The molecule has 0 bridgehead atoms. The van der Waals surface area contributed by atoms with E-state index in [1.54, 1.807) is 32.1 Å². The van der Waals surface area contributed by atoms with Gasteiger partial charge in [0.15, 0.2) is 0 Å². The van der Waals surface area contributed by atoms with Gasteiger partial charge in [-0.05, 0) is 56.5 Å². The van der Waals surface area contributed by atoms with Gasteiger partial charge in [0.25, 0.3) is 0 Å². The summed E-state index contributed by atoms with van der Waals surface area (Å²) in [6, 6.07) is 7.20. The molecular formula is C20H22ClNO3S. The van der Waals surface area contributed by atoms with Crippen molar-refractivity contribution in [1.82, 2.24) is 0 Å². The molecule has 0 radical (unpaired) electrons. The number of carbonyl (C=O) groups excluding carboxylic acids is 2. The third-order valence-corrected chi connectivity index (χ3v) is 4.92. The van der Waals surface area contributed by atoms with Crippen LogP contribution in [0.5, 0.6) is 0 Å². The Morgan fingerprint density at radius 1 is 1.35 bits per heavy atom. The van der Waals surface area contributed by atoms with Gasteiger partial charge in [-0.1, -0.05) is 30.7 Å². The summed E-state index contributed by atoms with van der Waals surface area (Å²) in [6.07, 6.45) is 3.57. The van der Waals surface area contributed by atoms with Crippen molar-refractivity contribution in [3.63, 3.8) is 0 Å². The summed E-state index contributed by atoms with van der Waals surface area (Å²) in [5, 5.41) is 3.93. The molecule has 2 rings (SSSR count). The van der Waals surface area contributed by atoms with E-state index in [1.165, 1.54) is 17.4 Å². The molecule has 0 spiro atoms. The monoisotopic (exact) mass is 391 g/mol. The molecule has 4 nitrogen and oxygen atoms in total. The highest BCUT2D eigenvalue weighted by atomic mass is 35.5. The van der Waals surface area contributed by atoms with Gasteiger partial charge in [-0.3, -0.25) is 4.79 Å². The molecule has 2 aromatic rings. The number of aryl methyl sites for hydroxylation is 1. The van der Waals surface area contributed by atoms with Crippen molar-refractivity contribution in [1.29, 1.82) is 0 Å². The van der Waals surface area contributed by atoms with Gasteiger partial charge in [-0.15, -0.1) is 11.3 Å². The van der Waals surface area contributed by atoms with E-state index in [0.717, 1.165) is 16.0 Å². The molecule has 138 valence electrons. The first-order valence-electron chi connectivity index (χ1n) is 8.39. The standard InChI is InChI=1S/C20H22ClNO3S/c1-5-16-13(4)26-19(18(16)20(24)25-12(2)3)22-17(23)10-9-14-7-6-8-15(21)11-14/h6-12H,5H2,1-4H3,(H,22,23)/b10-9+. The minimum Gasteiger partial charge on any atom is -0.459 e. The third kappa shape index (κ3) is 5.19. The summed E-state index contributed by atoms with van der Waals surface area (Å²) in [4.78, 5) is 25.8. The number of hydrogen-bond donors (Lipinski definition) is 1. The summed E-state index contributed by atoms with van der Waals surface area (Å²) in [5.74, 6) is -0.720. The average molecular weight is 392 g/mol. The van der Waals surface area contributed by atoms with Crippen LogP contribution in [-0.2, 0) is 16.0 Å². The molecule has 1 aromatic carbocycles. The van der Waals surface area contributed by atoms with Crippen molar-refractivity contribution >= 4 is 45.9 Å². The Morgan fingerprint density at radius 2 is 2.08 bits per heavy atom. The molecule has 0 aliphatic heterocycles. The van der Waals surface area contributed by atoms with Crippen molar-refractivity contribution in [3.05, 3.63) is 56.9 Å². The number of benzene rings is 1. The van der Waals surface area contributed by atoms with Crippen LogP contribution in [0, 0.1) is 6.92 Å². The minimum atomic E-state index is -0.407. The Hall–Kier alpha value is -2.11. The number of carbonyl (C=O) groups is 2. The molecule has 0 aliphatic rings. The van der Waals surface area contributed by atoms with Crippen molar-refractivity contribution < 1.29 is 14.3 Å². The van der Waals surface area contributed by atoms with E-state index in [4.69, 9.17) is 16.3 Å². The number of thiophene rings is 1. The zero-order valence-electron chi connectivity index (χ0n) is 15.3. The van der Waals surface area contributed by atoms with Gasteiger partial charge in [-0.2, -0.15) is 0 Å². The van der Waals surface area contributed by atoms with E-state index in [2.05, 4.69) is 5.32 Å². The van der Waals surface area contributed by atoms with Gasteiger partial charge in [-0.25, -0.2) is 4.79 Å². The molecule has 0 aliphatic carbocycles. The van der Waals surface area contributed by atoms with E-state index < -0.39 is 5.97 Å². The Labute approximate surface area is 162 Å². The Bertz CT molecular complexity index is 840. The number of anilines is 1. The summed E-state index contributed by atoms with van der Waals surface area (Å²) in [6.45, 7) is 7.52. The first-order chi connectivity index (χ1) is 12.3. The normalized spacial score (nSPS) is 11.2. The van der Waals surface area contributed by atoms with Crippen LogP contribution < -0.4 is 5.32 Å².